The number of nitrogens with one attached hydrogen (secondary N) is 1. The van der Waals surface area contributed by atoms with Crippen molar-refractivity contribution >= 4 is 23.5 Å². The van der Waals surface area contributed by atoms with Crippen LogP contribution in [0.1, 0.15) is 11.1 Å². The van der Waals surface area contributed by atoms with Gasteiger partial charge in [-0.05, 0) is 42.8 Å². The number of hydrogen-bond donors (Lipinski definition) is 2. The van der Waals surface area contributed by atoms with Gasteiger partial charge >= 0.3 is 0 Å². The summed E-state index contributed by atoms with van der Waals surface area (Å²) in [6, 6.07) is 10.5. The molecule has 0 unspecified atom stereocenters. The lowest BCUT2D eigenvalue weighted by molar-refractivity contribution is 0.412. The van der Waals surface area contributed by atoms with Crippen LogP contribution in [-0.4, -0.2) is 18.4 Å². The highest BCUT2D eigenvalue weighted by molar-refractivity contribution is 6.31. The lowest BCUT2D eigenvalue weighted by atomic mass is 10.2. The second kappa shape index (κ2) is 6.30. The maximum atomic E-state index is 9.71. The molecule has 2 aromatic rings. The minimum absolute atomic E-state index is 0.137. The van der Waals surface area contributed by atoms with E-state index in [-0.39, 0.29) is 5.75 Å². The number of aryl methyl sites for hydroxylation is 1. The maximum Gasteiger partial charge on any atom is 0.124 e. The standard InChI is InChI=1S/C15H15ClN2O2/c1-10-3-4-12(8-14(10)16)18-17-9-11-7-13(20-2)5-6-15(11)19/h3-9,18-19H,1-2H3/b17-9+. The number of phenols is 1. The lowest BCUT2D eigenvalue weighted by Crippen LogP contribution is -1.92. The van der Waals surface area contributed by atoms with Crippen LogP contribution in [0.15, 0.2) is 41.5 Å². The van der Waals surface area contributed by atoms with Crippen LogP contribution in [0.5, 0.6) is 11.5 Å². The number of anilines is 1. The van der Waals surface area contributed by atoms with Gasteiger partial charge in [0.1, 0.15) is 11.5 Å². The molecular weight excluding hydrogens is 276 g/mol. The molecule has 2 aromatic carbocycles. The van der Waals surface area contributed by atoms with Crippen molar-refractivity contribution in [3.05, 3.63) is 52.5 Å². The molecule has 2 N–H and O–H groups in total. The van der Waals surface area contributed by atoms with Gasteiger partial charge < -0.3 is 9.84 Å². The minimum atomic E-state index is 0.137. The molecule has 0 saturated heterocycles. The second-order valence-electron chi connectivity index (χ2n) is 4.26. The number of methoxy groups -OCH3 is 1. The van der Waals surface area contributed by atoms with Crippen molar-refractivity contribution in [3.8, 4) is 11.5 Å². The molecule has 0 radical (unpaired) electrons. The van der Waals surface area contributed by atoms with Crippen molar-refractivity contribution in [3.63, 3.8) is 0 Å². The summed E-state index contributed by atoms with van der Waals surface area (Å²) in [5, 5.41) is 14.5. The second-order valence-corrected chi connectivity index (χ2v) is 4.67. The predicted molar refractivity (Wildman–Crippen MR) is 82.1 cm³/mol. The van der Waals surface area contributed by atoms with E-state index in [9.17, 15) is 5.11 Å². The SMILES string of the molecule is COc1ccc(O)c(/C=N/Nc2ccc(C)c(Cl)c2)c1. The Bertz CT molecular complexity index is 642. The van der Waals surface area contributed by atoms with E-state index in [1.165, 1.54) is 6.21 Å². The number of halogens is 1. The molecule has 0 aliphatic carbocycles. The number of hydrazone groups is 1. The number of phenolic OH excluding ortho intramolecular Hbond substituents is 1. The first kappa shape index (κ1) is 14.2. The first-order valence-corrected chi connectivity index (χ1v) is 6.40. The zero-order valence-electron chi connectivity index (χ0n) is 11.2. The van der Waals surface area contributed by atoms with Crippen molar-refractivity contribution in [2.24, 2.45) is 5.10 Å². The average molecular weight is 291 g/mol. The van der Waals surface area contributed by atoms with Crippen molar-refractivity contribution in [2.45, 2.75) is 6.92 Å². The van der Waals surface area contributed by atoms with Gasteiger partial charge in [-0.3, -0.25) is 5.43 Å². The van der Waals surface area contributed by atoms with Gasteiger partial charge in [-0.1, -0.05) is 17.7 Å². The predicted octanol–water partition coefficient (Wildman–Crippen LogP) is 3.81. The van der Waals surface area contributed by atoms with Gasteiger partial charge in [-0.2, -0.15) is 5.10 Å². The van der Waals surface area contributed by atoms with Crippen LogP contribution in [0, 0.1) is 6.92 Å². The maximum absolute atomic E-state index is 9.71. The Labute approximate surface area is 122 Å². The molecule has 0 saturated carbocycles. The Kier molecular flexibility index (Phi) is 4.48. The van der Waals surface area contributed by atoms with Gasteiger partial charge in [-0.25, -0.2) is 0 Å². The van der Waals surface area contributed by atoms with Gasteiger partial charge in [0.05, 0.1) is 19.0 Å². The number of hydrogen-bond acceptors (Lipinski definition) is 4. The molecule has 0 amide bonds. The van der Waals surface area contributed by atoms with E-state index >= 15 is 0 Å². The summed E-state index contributed by atoms with van der Waals surface area (Å²) in [5.74, 6) is 0.793. The summed E-state index contributed by atoms with van der Waals surface area (Å²) in [6.07, 6.45) is 1.52. The third-order valence-electron chi connectivity index (χ3n) is 2.80. The number of nitrogens with zero attached hydrogens (tertiary/aromatic N) is 1. The van der Waals surface area contributed by atoms with Gasteiger partial charge in [0, 0.05) is 10.6 Å². The van der Waals surface area contributed by atoms with Crippen LogP contribution in [0.4, 0.5) is 5.69 Å². The van der Waals surface area contributed by atoms with Crippen LogP contribution in [-0.2, 0) is 0 Å². The van der Waals surface area contributed by atoms with E-state index in [2.05, 4.69) is 10.5 Å². The van der Waals surface area contributed by atoms with Gasteiger partial charge in [0.2, 0.25) is 0 Å². The van der Waals surface area contributed by atoms with Crippen molar-refractivity contribution in [1.82, 2.24) is 0 Å². The fraction of sp³-hybridized carbons (Fsp3) is 0.133. The first-order valence-electron chi connectivity index (χ1n) is 6.02. The summed E-state index contributed by atoms with van der Waals surface area (Å²) < 4.78 is 5.09. The molecular formula is C15H15ClN2O2. The Morgan fingerprint density at radius 1 is 1.25 bits per heavy atom. The molecule has 0 bridgehead atoms. The Hall–Kier alpha value is -2.20. The van der Waals surface area contributed by atoms with E-state index < -0.39 is 0 Å². The molecule has 0 aliphatic heterocycles. The number of benzene rings is 2. The fourth-order valence-corrected chi connectivity index (χ4v) is 1.78. The highest BCUT2D eigenvalue weighted by Crippen LogP contribution is 2.22. The highest BCUT2D eigenvalue weighted by Gasteiger charge is 2.00. The van der Waals surface area contributed by atoms with Crippen molar-refractivity contribution < 1.29 is 9.84 Å². The van der Waals surface area contributed by atoms with Gasteiger partial charge in [-0.15, -0.1) is 0 Å². The van der Waals surface area contributed by atoms with Crippen LogP contribution < -0.4 is 10.2 Å². The Morgan fingerprint density at radius 2 is 2.05 bits per heavy atom. The summed E-state index contributed by atoms with van der Waals surface area (Å²) in [4.78, 5) is 0. The smallest absolute Gasteiger partial charge is 0.124 e. The number of rotatable bonds is 4. The van der Waals surface area contributed by atoms with Crippen molar-refractivity contribution in [2.75, 3.05) is 12.5 Å². The summed E-state index contributed by atoms with van der Waals surface area (Å²) in [7, 11) is 1.57. The average Bonchev–Trinajstić information content (AvgIpc) is 2.45. The van der Waals surface area contributed by atoms with Crippen LogP contribution in [0.2, 0.25) is 5.02 Å². The molecule has 20 heavy (non-hydrogen) atoms. The number of aromatic hydroxyl groups is 1. The summed E-state index contributed by atoms with van der Waals surface area (Å²) in [6.45, 7) is 1.93. The highest BCUT2D eigenvalue weighted by atomic mass is 35.5. The van der Waals surface area contributed by atoms with E-state index in [0.29, 0.717) is 16.3 Å². The first-order chi connectivity index (χ1) is 9.60. The molecule has 5 heteroatoms. The monoisotopic (exact) mass is 290 g/mol. The number of ether oxygens (including phenoxy) is 1. The quantitative estimate of drug-likeness (QED) is 0.665. The van der Waals surface area contributed by atoms with Crippen molar-refractivity contribution in [1.29, 1.82) is 0 Å². The molecule has 0 aromatic heterocycles. The third kappa shape index (κ3) is 3.42. The van der Waals surface area contributed by atoms with E-state index in [0.717, 1.165) is 11.3 Å². The molecule has 0 fully saturated rings. The lowest BCUT2D eigenvalue weighted by Gasteiger charge is -2.04. The third-order valence-corrected chi connectivity index (χ3v) is 3.21. The van der Waals surface area contributed by atoms with Gasteiger partial charge in [0.25, 0.3) is 0 Å². The van der Waals surface area contributed by atoms with E-state index in [4.69, 9.17) is 16.3 Å². The zero-order valence-corrected chi connectivity index (χ0v) is 12.0. The fourth-order valence-electron chi connectivity index (χ4n) is 1.60. The van der Waals surface area contributed by atoms with Crippen LogP contribution in [0.3, 0.4) is 0 Å². The molecule has 0 heterocycles. The molecule has 104 valence electrons. The Morgan fingerprint density at radius 3 is 2.75 bits per heavy atom. The molecule has 0 spiro atoms. The minimum Gasteiger partial charge on any atom is -0.507 e. The van der Waals surface area contributed by atoms with E-state index in [1.807, 2.05) is 19.1 Å². The normalized spacial score (nSPS) is 10.8. The zero-order chi connectivity index (χ0) is 14.5. The molecule has 0 atom stereocenters. The summed E-state index contributed by atoms with van der Waals surface area (Å²) >= 11 is 6.03. The molecule has 4 nitrogen and oxygen atoms in total. The van der Waals surface area contributed by atoms with Gasteiger partial charge in [0.15, 0.2) is 0 Å². The largest absolute Gasteiger partial charge is 0.507 e. The molecule has 2 rings (SSSR count). The topological polar surface area (TPSA) is 53.9 Å². The van der Waals surface area contributed by atoms with Crippen LogP contribution in [0.25, 0.3) is 0 Å². The van der Waals surface area contributed by atoms with Crippen LogP contribution >= 0.6 is 11.6 Å². The summed E-state index contributed by atoms with van der Waals surface area (Å²) in [5.41, 5.74) is 5.21. The van der Waals surface area contributed by atoms with E-state index in [1.54, 1.807) is 31.4 Å². The molecule has 0 aliphatic rings. The Balaban J connectivity index is 2.11.